The summed E-state index contributed by atoms with van der Waals surface area (Å²) in [6.45, 7) is 2.63. The number of ether oxygens (including phenoxy) is 1. The largest absolute Gasteiger partial charge is 0.466 e. The Hall–Kier alpha value is -2.84. The molecule has 25 heavy (non-hydrogen) atoms. The van der Waals surface area contributed by atoms with Crippen LogP contribution in [-0.2, 0) is 20.9 Å². The SMILES string of the molecule is CCOC(=O)C1CCCN(C(=O)Cn2nc(-c3ccco3)oc2=O)C1. The lowest BCUT2D eigenvalue weighted by Gasteiger charge is -2.31. The van der Waals surface area contributed by atoms with Gasteiger partial charge in [-0.2, -0.15) is 4.68 Å². The van der Waals surface area contributed by atoms with Crippen molar-refractivity contribution >= 4 is 11.9 Å². The minimum absolute atomic E-state index is 0.0193. The summed E-state index contributed by atoms with van der Waals surface area (Å²) < 4.78 is 16.1. The van der Waals surface area contributed by atoms with Crippen molar-refractivity contribution in [2.75, 3.05) is 19.7 Å². The van der Waals surface area contributed by atoms with Crippen LogP contribution in [0.1, 0.15) is 19.8 Å². The van der Waals surface area contributed by atoms with E-state index in [0.717, 1.165) is 4.68 Å². The van der Waals surface area contributed by atoms with Crippen LogP contribution in [0.4, 0.5) is 0 Å². The molecule has 0 radical (unpaired) electrons. The Balaban J connectivity index is 1.66. The van der Waals surface area contributed by atoms with Gasteiger partial charge in [0.15, 0.2) is 5.76 Å². The smallest absolute Gasteiger partial charge is 0.437 e. The fourth-order valence-electron chi connectivity index (χ4n) is 2.79. The number of hydrogen-bond donors (Lipinski definition) is 0. The topological polar surface area (TPSA) is 108 Å². The van der Waals surface area contributed by atoms with Crippen molar-refractivity contribution in [3.8, 4) is 11.7 Å². The van der Waals surface area contributed by atoms with E-state index in [9.17, 15) is 14.4 Å². The lowest BCUT2D eigenvalue weighted by Crippen LogP contribution is -2.44. The van der Waals surface area contributed by atoms with E-state index in [-0.39, 0.29) is 36.8 Å². The second-order valence-corrected chi connectivity index (χ2v) is 5.74. The van der Waals surface area contributed by atoms with Gasteiger partial charge in [0.25, 0.3) is 5.89 Å². The van der Waals surface area contributed by atoms with Crippen molar-refractivity contribution in [1.29, 1.82) is 0 Å². The van der Waals surface area contributed by atoms with Crippen LogP contribution in [0.25, 0.3) is 11.7 Å². The Morgan fingerprint density at radius 2 is 2.28 bits per heavy atom. The number of esters is 1. The summed E-state index contributed by atoms with van der Waals surface area (Å²) in [6.07, 6.45) is 2.83. The third-order valence-corrected chi connectivity index (χ3v) is 4.02. The predicted molar refractivity (Wildman–Crippen MR) is 84.4 cm³/mol. The van der Waals surface area contributed by atoms with E-state index < -0.39 is 5.76 Å². The number of piperidine rings is 1. The molecule has 0 spiro atoms. The highest BCUT2D eigenvalue weighted by Gasteiger charge is 2.30. The summed E-state index contributed by atoms with van der Waals surface area (Å²) in [4.78, 5) is 37.7. The molecule has 2 aromatic rings. The predicted octanol–water partition coefficient (Wildman–Crippen LogP) is 0.898. The number of carbonyl (C=O) groups excluding carboxylic acids is 2. The Bertz CT molecular complexity index is 791. The van der Waals surface area contributed by atoms with Crippen LogP contribution in [0.2, 0.25) is 0 Å². The molecule has 2 aromatic heterocycles. The molecule has 1 atom stereocenters. The molecule has 1 saturated heterocycles. The van der Waals surface area contributed by atoms with Crippen molar-refractivity contribution in [2.45, 2.75) is 26.3 Å². The molecular weight excluding hydrogens is 330 g/mol. The first-order valence-electron chi connectivity index (χ1n) is 8.14. The van der Waals surface area contributed by atoms with Gasteiger partial charge in [0, 0.05) is 13.1 Å². The van der Waals surface area contributed by atoms with Gasteiger partial charge in [-0.05, 0) is 31.9 Å². The standard InChI is InChI=1S/C16H19N3O6/c1-2-23-15(21)11-5-3-7-18(9-11)13(20)10-19-16(22)25-14(17-19)12-6-4-8-24-12/h4,6,8,11H,2-3,5,7,9-10H2,1H3. The molecule has 0 aromatic carbocycles. The second-order valence-electron chi connectivity index (χ2n) is 5.74. The Kier molecular flexibility index (Phi) is 5.01. The number of amides is 1. The quantitative estimate of drug-likeness (QED) is 0.738. The van der Waals surface area contributed by atoms with E-state index in [1.54, 1.807) is 24.0 Å². The lowest BCUT2D eigenvalue weighted by molar-refractivity contribution is -0.151. The molecular formula is C16H19N3O6. The van der Waals surface area contributed by atoms with E-state index in [2.05, 4.69) is 5.10 Å². The number of furan rings is 1. The molecule has 1 aliphatic rings. The van der Waals surface area contributed by atoms with Gasteiger partial charge in [-0.3, -0.25) is 9.59 Å². The molecule has 1 unspecified atom stereocenters. The molecule has 9 nitrogen and oxygen atoms in total. The Morgan fingerprint density at radius 3 is 3.00 bits per heavy atom. The van der Waals surface area contributed by atoms with Gasteiger partial charge in [0.2, 0.25) is 5.91 Å². The summed E-state index contributed by atoms with van der Waals surface area (Å²) in [5.41, 5.74) is 0. The van der Waals surface area contributed by atoms with Crippen LogP contribution in [0.15, 0.2) is 32.0 Å². The Morgan fingerprint density at radius 1 is 1.44 bits per heavy atom. The molecule has 9 heteroatoms. The van der Waals surface area contributed by atoms with Gasteiger partial charge in [-0.25, -0.2) is 4.79 Å². The van der Waals surface area contributed by atoms with Crippen molar-refractivity contribution in [3.05, 3.63) is 28.9 Å². The zero-order valence-electron chi connectivity index (χ0n) is 13.8. The van der Waals surface area contributed by atoms with Crippen molar-refractivity contribution < 1.29 is 23.2 Å². The molecule has 3 heterocycles. The van der Waals surface area contributed by atoms with E-state index in [0.29, 0.717) is 31.8 Å². The highest BCUT2D eigenvalue weighted by molar-refractivity contribution is 5.78. The zero-order valence-corrected chi connectivity index (χ0v) is 13.8. The van der Waals surface area contributed by atoms with Crippen molar-refractivity contribution in [3.63, 3.8) is 0 Å². The zero-order chi connectivity index (χ0) is 17.8. The maximum absolute atomic E-state index is 12.5. The number of aromatic nitrogens is 2. The van der Waals surface area contributed by atoms with Crippen LogP contribution in [0.5, 0.6) is 0 Å². The molecule has 1 aliphatic heterocycles. The van der Waals surface area contributed by atoms with E-state index >= 15 is 0 Å². The first-order valence-corrected chi connectivity index (χ1v) is 8.14. The molecule has 1 amide bonds. The second kappa shape index (κ2) is 7.37. The highest BCUT2D eigenvalue weighted by Crippen LogP contribution is 2.19. The molecule has 0 bridgehead atoms. The minimum atomic E-state index is -0.737. The lowest BCUT2D eigenvalue weighted by atomic mass is 9.98. The number of nitrogens with zero attached hydrogens (tertiary/aromatic N) is 3. The fourth-order valence-corrected chi connectivity index (χ4v) is 2.79. The first kappa shape index (κ1) is 17.0. The van der Waals surface area contributed by atoms with Gasteiger partial charge in [-0.1, -0.05) is 0 Å². The summed E-state index contributed by atoms with van der Waals surface area (Å²) in [5.74, 6) is -1.33. The maximum atomic E-state index is 12.5. The summed E-state index contributed by atoms with van der Waals surface area (Å²) >= 11 is 0. The summed E-state index contributed by atoms with van der Waals surface area (Å²) in [6, 6.07) is 3.24. The molecule has 134 valence electrons. The van der Waals surface area contributed by atoms with E-state index in [4.69, 9.17) is 13.6 Å². The minimum Gasteiger partial charge on any atom is -0.466 e. The van der Waals surface area contributed by atoms with Crippen LogP contribution in [-0.4, -0.2) is 46.3 Å². The van der Waals surface area contributed by atoms with Gasteiger partial charge < -0.3 is 18.5 Å². The first-order chi connectivity index (χ1) is 12.1. The third kappa shape index (κ3) is 3.81. The summed E-state index contributed by atoms with van der Waals surface area (Å²) in [7, 11) is 0. The van der Waals surface area contributed by atoms with Crippen LogP contribution >= 0.6 is 0 Å². The molecule has 3 rings (SSSR count). The average Bonchev–Trinajstić information content (AvgIpc) is 3.25. The summed E-state index contributed by atoms with van der Waals surface area (Å²) in [5, 5.41) is 3.98. The normalized spacial score (nSPS) is 17.5. The number of carbonyl (C=O) groups is 2. The molecule has 1 fully saturated rings. The third-order valence-electron chi connectivity index (χ3n) is 4.02. The van der Waals surface area contributed by atoms with Crippen LogP contribution in [0.3, 0.4) is 0 Å². The molecule has 0 saturated carbocycles. The number of rotatable bonds is 5. The molecule has 0 aliphatic carbocycles. The average molecular weight is 349 g/mol. The van der Waals surface area contributed by atoms with E-state index in [1.807, 2.05) is 0 Å². The van der Waals surface area contributed by atoms with Crippen molar-refractivity contribution in [2.24, 2.45) is 5.92 Å². The fraction of sp³-hybridized carbons (Fsp3) is 0.500. The van der Waals surface area contributed by atoms with Crippen molar-refractivity contribution in [1.82, 2.24) is 14.7 Å². The van der Waals surface area contributed by atoms with Gasteiger partial charge >= 0.3 is 11.7 Å². The monoisotopic (exact) mass is 349 g/mol. The van der Waals surface area contributed by atoms with Crippen LogP contribution in [0, 0.1) is 5.92 Å². The molecule has 0 N–H and O–H groups in total. The Labute approximate surface area is 143 Å². The van der Waals surface area contributed by atoms with E-state index in [1.165, 1.54) is 6.26 Å². The van der Waals surface area contributed by atoms with Gasteiger partial charge in [0.1, 0.15) is 6.54 Å². The maximum Gasteiger partial charge on any atom is 0.437 e. The van der Waals surface area contributed by atoms with Gasteiger partial charge in [-0.15, -0.1) is 5.10 Å². The number of hydrogen-bond acceptors (Lipinski definition) is 7. The van der Waals surface area contributed by atoms with Gasteiger partial charge in [0.05, 0.1) is 18.8 Å². The highest BCUT2D eigenvalue weighted by atomic mass is 16.5. The van der Waals surface area contributed by atoms with Crippen LogP contribution < -0.4 is 5.76 Å². The number of likely N-dealkylation sites (tertiary alicyclic amines) is 1.